The lowest BCUT2D eigenvalue weighted by atomic mass is 10.2. The first-order chi connectivity index (χ1) is 5.86. The lowest BCUT2D eigenvalue weighted by Crippen LogP contribution is -2.19. The number of aliphatic hydroxyl groups is 1. The third kappa shape index (κ3) is 3.09. The second-order valence-corrected chi connectivity index (χ2v) is 3.21. The second-order valence-electron chi connectivity index (χ2n) is 3.21. The zero-order valence-electron chi connectivity index (χ0n) is 7.66. The molecule has 1 saturated heterocycles. The van der Waals surface area contributed by atoms with Gasteiger partial charge in [0.2, 0.25) is 0 Å². The molecule has 0 amide bonds. The van der Waals surface area contributed by atoms with Gasteiger partial charge in [-0.3, -0.25) is 0 Å². The van der Waals surface area contributed by atoms with Gasteiger partial charge in [-0.2, -0.15) is 0 Å². The Morgan fingerprint density at radius 2 is 2.17 bits per heavy atom. The minimum absolute atomic E-state index is 0.0558. The lowest BCUT2D eigenvalue weighted by Gasteiger charge is -2.11. The molecule has 1 fully saturated rings. The van der Waals surface area contributed by atoms with E-state index in [2.05, 4.69) is 6.92 Å². The van der Waals surface area contributed by atoms with E-state index in [4.69, 9.17) is 14.6 Å². The standard InChI is InChI=1S/C9H18O3/c1-2-5-11-7-9-4-3-8(6-10)12-9/h8-10H,2-7H2,1H3/t8-,9-/m1/s1. The van der Waals surface area contributed by atoms with Crippen LogP contribution in [0, 0.1) is 0 Å². The lowest BCUT2D eigenvalue weighted by molar-refractivity contribution is -0.0312. The molecule has 1 N–H and O–H groups in total. The molecule has 1 heterocycles. The van der Waals surface area contributed by atoms with Crippen LogP contribution in [0.4, 0.5) is 0 Å². The number of hydrogen-bond acceptors (Lipinski definition) is 3. The molecule has 0 saturated carbocycles. The predicted octanol–water partition coefficient (Wildman–Crippen LogP) is 0.953. The number of hydrogen-bond donors (Lipinski definition) is 1. The topological polar surface area (TPSA) is 38.7 Å². The van der Waals surface area contributed by atoms with Gasteiger partial charge in [-0.05, 0) is 19.3 Å². The monoisotopic (exact) mass is 174 g/mol. The van der Waals surface area contributed by atoms with Gasteiger partial charge in [0.1, 0.15) is 0 Å². The third-order valence-corrected chi connectivity index (χ3v) is 2.05. The van der Waals surface area contributed by atoms with Gasteiger partial charge in [-0.15, -0.1) is 0 Å². The van der Waals surface area contributed by atoms with E-state index in [1.807, 2.05) is 0 Å². The quantitative estimate of drug-likeness (QED) is 0.631. The first kappa shape index (κ1) is 9.96. The Hall–Kier alpha value is -0.120. The molecule has 1 rings (SSSR count). The van der Waals surface area contributed by atoms with E-state index in [9.17, 15) is 0 Å². The minimum atomic E-state index is 0.0558. The average Bonchev–Trinajstić information content (AvgIpc) is 2.53. The summed E-state index contributed by atoms with van der Waals surface area (Å²) in [5, 5.41) is 8.79. The van der Waals surface area contributed by atoms with Crippen molar-refractivity contribution in [3.8, 4) is 0 Å². The molecular formula is C9H18O3. The third-order valence-electron chi connectivity index (χ3n) is 2.05. The smallest absolute Gasteiger partial charge is 0.0814 e. The molecule has 0 aromatic rings. The van der Waals surface area contributed by atoms with E-state index in [0.29, 0.717) is 6.61 Å². The Labute approximate surface area is 73.7 Å². The summed E-state index contributed by atoms with van der Waals surface area (Å²) in [6, 6.07) is 0. The van der Waals surface area contributed by atoms with E-state index in [1.165, 1.54) is 0 Å². The molecular weight excluding hydrogens is 156 g/mol. The van der Waals surface area contributed by atoms with Gasteiger partial charge < -0.3 is 14.6 Å². The van der Waals surface area contributed by atoms with Crippen LogP contribution in [-0.4, -0.2) is 37.1 Å². The van der Waals surface area contributed by atoms with Gasteiger partial charge in [-0.1, -0.05) is 6.92 Å². The van der Waals surface area contributed by atoms with Gasteiger partial charge in [0.15, 0.2) is 0 Å². The van der Waals surface area contributed by atoms with Crippen LogP contribution in [0.2, 0.25) is 0 Å². The molecule has 0 aliphatic carbocycles. The molecule has 2 atom stereocenters. The van der Waals surface area contributed by atoms with E-state index >= 15 is 0 Å². The summed E-state index contributed by atoms with van der Waals surface area (Å²) in [6.45, 7) is 3.73. The van der Waals surface area contributed by atoms with Gasteiger partial charge in [0.25, 0.3) is 0 Å². The minimum Gasteiger partial charge on any atom is -0.394 e. The van der Waals surface area contributed by atoms with Gasteiger partial charge in [0.05, 0.1) is 25.4 Å². The maximum atomic E-state index is 8.79. The molecule has 0 spiro atoms. The summed E-state index contributed by atoms with van der Waals surface area (Å²) in [5.41, 5.74) is 0. The highest BCUT2D eigenvalue weighted by atomic mass is 16.5. The summed E-state index contributed by atoms with van der Waals surface area (Å²) in [4.78, 5) is 0. The molecule has 1 aliphatic heterocycles. The summed E-state index contributed by atoms with van der Waals surface area (Å²) < 4.78 is 10.8. The fourth-order valence-corrected chi connectivity index (χ4v) is 1.40. The highest BCUT2D eigenvalue weighted by molar-refractivity contribution is 4.72. The van der Waals surface area contributed by atoms with Crippen LogP contribution in [0.1, 0.15) is 26.2 Å². The largest absolute Gasteiger partial charge is 0.394 e. The molecule has 12 heavy (non-hydrogen) atoms. The molecule has 0 radical (unpaired) electrons. The predicted molar refractivity (Wildman–Crippen MR) is 46.1 cm³/mol. The summed E-state index contributed by atoms with van der Waals surface area (Å²) in [6.07, 6.45) is 3.32. The van der Waals surface area contributed by atoms with Crippen LogP contribution >= 0.6 is 0 Å². The van der Waals surface area contributed by atoms with Crippen LogP contribution < -0.4 is 0 Å². The molecule has 3 heteroatoms. The summed E-state index contributed by atoms with van der Waals surface area (Å²) in [5.74, 6) is 0. The Balaban J connectivity index is 2.03. The number of aliphatic hydroxyl groups excluding tert-OH is 1. The van der Waals surface area contributed by atoms with Crippen molar-refractivity contribution in [3.63, 3.8) is 0 Å². The molecule has 1 aliphatic rings. The van der Waals surface area contributed by atoms with Gasteiger partial charge in [0, 0.05) is 6.61 Å². The van der Waals surface area contributed by atoms with Crippen molar-refractivity contribution in [1.82, 2.24) is 0 Å². The van der Waals surface area contributed by atoms with Crippen molar-refractivity contribution in [2.24, 2.45) is 0 Å². The van der Waals surface area contributed by atoms with Crippen LogP contribution in [-0.2, 0) is 9.47 Å². The molecule has 0 unspecified atom stereocenters. The Kier molecular flexibility index (Phi) is 4.58. The van der Waals surface area contributed by atoms with Crippen molar-refractivity contribution in [2.45, 2.75) is 38.4 Å². The Bertz CT molecular complexity index is 116. The van der Waals surface area contributed by atoms with Crippen molar-refractivity contribution < 1.29 is 14.6 Å². The Morgan fingerprint density at radius 1 is 1.42 bits per heavy atom. The van der Waals surface area contributed by atoms with Crippen LogP contribution in [0.3, 0.4) is 0 Å². The fourth-order valence-electron chi connectivity index (χ4n) is 1.40. The van der Waals surface area contributed by atoms with Crippen molar-refractivity contribution in [1.29, 1.82) is 0 Å². The zero-order chi connectivity index (χ0) is 8.81. The average molecular weight is 174 g/mol. The zero-order valence-corrected chi connectivity index (χ0v) is 7.66. The molecule has 0 aromatic heterocycles. The van der Waals surface area contributed by atoms with Crippen molar-refractivity contribution in [3.05, 3.63) is 0 Å². The van der Waals surface area contributed by atoms with E-state index in [0.717, 1.165) is 25.9 Å². The summed E-state index contributed by atoms with van der Waals surface area (Å²) >= 11 is 0. The second kappa shape index (κ2) is 5.51. The van der Waals surface area contributed by atoms with E-state index in [-0.39, 0.29) is 18.8 Å². The Morgan fingerprint density at radius 3 is 2.75 bits per heavy atom. The summed E-state index contributed by atoms with van der Waals surface area (Å²) in [7, 11) is 0. The van der Waals surface area contributed by atoms with Crippen molar-refractivity contribution in [2.75, 3.05) is 19.8 Å². The highest BCUT2D eigenvalue weighted by Crippen LogP contribution is 2.19. The fraction of sp³-hybridized carbons (Fsp3) is 1.00. The molecule has 0 aromatic carbocycles. The first-order valence-electron chi connectivity index (χ1n) is 4.71. The highest BCUT2D eigenvalue weighted by Gasteiger charge is 2.24. The van der Waals surface area contributed by atoms with Crippen molar-refractivity contribution >= 4 is 0 Å². The molecule has 3 nitrogen and oxygen atoms in total. The van der Waals surface area contributed by atoms with Gasteiger partial charge in [-0.25, -0.2) is 0 Å². The van der Waals surface area contributed by atoms with E-state index in [1.54, 1.807) is 0 Å². The number of rotatable bonds is 5. The maximum Gasteiger partial charge on any atom is 0.0814 e. The SMILES string of the molecule is CCCOC[C@H]1CC[C@H](CO)O1. The van der Waals surface area contributed by atoms with Gasteiger partial charge >= 0.3 is 0 Å². The molecule has 72 valence electrons. The number of ether oxygens (including phenoxy) is 2. The molecule has 0 bridgehead atoms. The van der Waals surface area contributed by atoms with Crippen LogP contribution in [0.15, 0.2) is 0 Å². The van der Waals surface area contributed by atoms with Crippen LogP contribution in [0.25, 0.3) is 0 Å². The van der Waals surface area contributed by atoms with E-state index < -0.39 is 0 Å². The first-order valence-corrected chi connectivity index (χ1v) is 4.71. The normalized spacial score (nSPS) is 29.5. The maximum absolute atomic E-state index is 8.79. The van der Waals surface area contributed by atoms with Crippen LogP contribution in [0.5, 0.6) is 0 Å².